The van der Waals surface area contributed by atoms with E-state index < -0.39 is 5.60 Å². The first-order valence-electron chi connectivity index (χ1n) is 6.86. The summed E-state index contributed by atoms with van der Waals surface area (Å²) < 4.78 is 10.5. The summed E-state index contributed by atoms with van der Waals surface area (Å²) in [6, 6.07) is 1.65. The van der Waals surface area contributed by atoms with Gasteiger partial charge in [-0.05, 0) is 6.92 Å². The molecule has 1 saturated heterocycles. The van der Waals surface area contributed by atoms with Crippen LogP contribution in [0.4, 0.5) is 11.6 Å². The molecule has 0 aliphatic carbocycles. The van der Waals surface area contributed by atoms with Gasteiger partial charge in [-0.2, -0.15) is 0 Å². The van der Waals surface area contributed by atoms with E-state index in [1.54, 1.807) is 6.07 Å². The number of hydrogen-bond donors (Lipinski definition) is 3. The Morgan fingerprint density at radius 3 is 2.90 bits per heavy atom. The van der Waals surface area contributed by atoms with Gasteiger partial charge in [-0.1, -0.05) is 0 Å². The predicted octanol–water partition coefficient (Wildman–Crippen LogP) is 0.549. The topological polar surface area (TPSA) is 103 Å². The second kappa shape index (κ2) is 6.83. The molecule has 2 rings (SSSR count). The van der Waals surface area contributed by atoms with Gasteiger partial charge in [0.1, 0.15) is 18.2 Å². The SMILES string of the molecule is CCOCc1nc(N)cc(NCC2(O)CCOCC2)n1. The van der Waals surface area contributed by atoms with Gasteiger partial charge in [0, 0.05) is 45.3 Å². The molecule has 1 fully saturated rings. The zero-order chi connectivity index (χ0) is 14.4. The molecule has 1 aromatic heterocycles. The van der Waals surface area contributed by atoms with Crippen LogP contribution in [0, 0.1) is 0 Å². The fourth-order valence-electron chi connectivity index (χ4n) is 2.05. The van der Waals surface area contributed by atoms with Crippen LogP contribution in [0.2, 0.25) is 0 Å². The molecule has 0 bridgehead atoms. The summed E-state index contributed by atoms with van der Waals surface area (Å²) in [5.41, 5.74) is 4.99. The lowest BCUT2D eigenvalue weighted by molar-refractivity contribution is -0.0543. The second-order valence-electron chi connectivity index (χ2n) is 4.92. The largest absolute Gasteiger partial charge is 0.388 e. The second-order valence-corrected chi connectivity index (χ2v) is 4.92. The third kappa shape index (κ3) is 4.29. The van der Waals surface area contributed by atoms with Gasteiger partial charge in [-0.3, -0.25) is 0 Å². The molecule has 0 aromatic carbocycles. The van der Waals surface area contributed by atoms with Crippen molar-refractivity contribution in [3.05, 3.63) is 11.9 Å². The molecule has 7 nitrogen and oxygen atoms in total. The van der Waals surface area contributed by atoms with E-state index in [0.717, 1.165) is 0 Å². The van der Waals surface area contributed by atoms with E-state index in [9.17, 15) is 5.11 Å². The molecule has 20 heavy (non-hydrogen) atoms. The molecule has 0 spiro atoms. The van der Waals surface area contributed by atoms with Gasteiger partial charge >= 0.3 is 0 Å². The summed E-state index contributed by atoms with van der Waals surface area (Å²) in [6.07, 6.45) is 1.23. The van der Waals surface area contributed by atoms with Crippen molar-refractivity contribution in [1.29, 1.82) is 0 Å². The van der Waals surface area contributed by atoms with Crippen molar-refractivity contribution in [2.24, 2.45) is 0 Å². The van der Waals surface area contributed by atoms with Gasteiger partial charge in [-0.15, -0.1) is 0 Å². The van der Waals surface area contributed by atoms with Gasteiger partial charge in [0.25, 0.3) is 0 Å². The molecular formula is C13H22N4O3. The minimum atomic E-state index is -0.752. The Labute approximate surface area is 118 Å². The lowest BCUT2D eigenvalue weighted by Crippen LogP contribution is -2.42. The number of nitrogens with one attached hydrogen (secondary N) is 1. The van der Waals surface area contributed by atoms with Crippen LogP contribution in [0.25, 0.3) is 0 Å². The summed E-state index contributed by atoms with van der Waals surface area (Å²) in [4.78, 5) is 8.42. The van der Waals surface area contributed by atoms with Gasteiger partial charge in [-0.25, -0.2) is 9.97 Å². The summed E-state index contributed by atoms with van der Waals surface area (Å²) in [6.45, 7) is 4.42. The fraction of sp³-hybridized carbons (Fsp3) is 0.692. The summed E-state index contributed by atoms with van der Waals surface area (Å²) in [7, 11) is 0. The van der Waals surface area contributed by atoms with Crippen LogP contribution in [0.5, 0.6) is 0 Å². The average Bonchev–Trinajstić information content (AvgIpc) is 2.43. The molecule has 4 N–H and O–H groups in total. The number of rotatable bonds is 6. The first-order chi connectivity index (χ1) is 9.61. The van der Waals surface area contributed by atoms with E-state index in [4.69, 9.17) is 15.2 Å². The van der Waals surface area contributed by atoms with E-state index >= 15 is 0 Å². The molecule has 0 atom stereocenters. The zero-order valence-electron chi connectivity index (χ0n) is 11.8. The smallest absolute Gasteiger partial charge is 0.158 e. The van der Waals surface area contributed by atoms with E-state index in [0.29, 0.717) is 63.3 Å². The fourth-order valence-corrected chi connectivity index (χ4v) is 2.05. The third-order valence-corrected chi connectivity index (χ3v) is 3.25. The van der Waals surface area contributed by atoms with Crippen molar-refractivity contribution in [3.63, 3.8) is 0 Å². The average molecular weight is 282 g/mol. The highest BCUT2D eigenvalue weighted by Crippen LogP contribution is 2.21. The third-order valence-electron chi connectivity index (χ3n) is 3.25. The number of aliphatic hydroxyl groups is 1. The van der Waals surface area contributed by atoms with Gasteiger partial charge in [0.15, 0.2) is 5.82 Å². The van der Waals surface area contributed by atoms with Crippen LogP contribution >= 0.6 is 0 Å². The Morgan fingerprint density at radius 1 is 1.45 bits per heavy atom. The van der Waals surface area contributed by atoms with E-state index in [1.807, 2.05) is 6.92 Å². The van der Waals surface area contributed by atoms with Crippen LogP contribution in [-0.4, -0.2) is 47.0 Å². The number of nitrogens with zero attached hydrogens (tertiary/aromatic N) is 2. The molecule has 1 aliphatic heterocycles. The van der Waals surface area contributed by atoms with E-state index in [1.165, 1.54) is 0 Å². The van der Waals surface area contributed by atoms with Crippen molar-refractivity contribution in [2.45, 2.75) is 32.0 Å². The molecule has 1 aromatic rings. The van der Waals surface area contributed by atoms with Crippen LogP contribution in [0.3, 0.4) is 0 Å². The zero-order valence-corrected chi connectivity index (χ0v) is 11.8. The van der Waals surface area contributed by atoms with E-state index in [-0.39, 0.29) is 0 Å². The van der Waals surface area contributed by atoms with Crippen LogP contribution in [0.1, 0.15) is 25.6 Å². The summed E-state index contributed by atoms with van der Waals surface area (Å²) >= 11 is 0. The lowest BCUT2D eigenvalue weighted by Gasteiger charge is -2.32. The molecular weight excluding hydrogens is 260 g/mol. The normalized spacial score (nSPS) is 17.9. The Hall–Kier alpha value is -1.44. The number of ether oxygens (including phenoxy) is 2. The standard InChI is InChI=1S/C13H22N4O3/c1-2-19-8-12-16-10(14)7-11(17-12)15-9-13(18)3-5-20-6-4-13/h7,18H,2-6,8-9H2,1H3,(H3,14,15,16,17). The van der Waals surface area contributed by atoms with Crippen LogP contribution in [-0.2, 0) is 16.1 Å². The van der Waals surface area contributed by atoms with Crippen molar-refractivity contribution >= 4 is 11.6 Å². The quantitative estimate of drug-likeness (QED) is 0.700. The van der Waals surface area contributed by atoms with Gasteiger partial charge < -0.3 is 25.6 Å². The molecule has 0 amide bonds. The highest BCUT2D eigenvalue weighted by Gasteiger charge is 2.29. The maximum Gasteiger partial charge on any atom is 0.158 e. The Morgan fingerprint density at radius 2 is 2.20 bits per heavy atom. The Bertz CT molecular complexity index is 436. The first kappa shape index (κ1) is 15.0. The van der Waals surface area contributed by atoms with Crippen molar-refractivity contribution in [3.8, 4) is 0 Å². The maximum absolute atomic E-state index is 10.4. The summed E-state index contributed by atoms with van der Waals surface area (Å²) in [5, 5.41) is 13.5. The number of nitrogens with two attached hydrogens (primary N) is 1. The minimum Gasteiger partial charge on any atom is -0.388 e. The lowest BCUT2D eigenvalue weighted by atomic mass is 9.94. The molecule has 0 radical (unpaired) electrons. The van der Waals surface area contributed by atoms with Gasteiger partial charge in [0.2, 0.25) is 0 Å². The Kier molecular flexibility index (Phi) is 5.11. The Balaban J connectivity index is 1.96. The first-order valence-corrected chi connectivity index (χ1v) is 6.86. The maximum atomic E-state index is 10.4. The van der Waals surface area contributed by atoms with Crippen molar-refractivity contribution in [2.75, 3.05) is 37.4 Å². The molecule has 2 heterocycles. The highest BCUT2D eigenvalue weighted by atomic mass is 16.5. The monoisotopic (exact) mass is 282 g/mol. The minimum absolute atomic E-state index is 0.328. The van der Waals surface area contributed by atoms with Gasteiger partial charge in [0.05, 0.1) is 5.60 Å². The van der Waals surface area contributed by atoms with E-state index in [2.05, 4.69) is 15.3 Å². The van der Waals surface area contributed by atoms with Crippen LogP contribution < -0.4 is 11.1 Å². The van der Waals surface area contributed by atoms with Crippen molar-refractivity contribution < 1.29 is 14.6 Å². The number of nitrogen functional groups attached to an aromatic ring is 1. The van der Waals surface area contributed by atoms with Crippen molar-refractivity contribution in [1.82, 2.24) is 9.97 Å². The molecule has 1 aliphatic rings. The summed E-state index contributed by atoms with van der Waals surface area (Å²) in [5.74, 6) is 1.52. The number of aromatic nitrogens is 2. The number of anilines is 2. The molecule has 0 saturated carbocycles. The molecule has 7 heteroatoms. The predicted molar refractivity (Wildman–Crippen MR) is 75.3 cm³/mol. The number of hydrogen-bond acceptors (Lipinski definition) is 7. The molecule has 112 valence electrons. The van der Waals surface area contributed by atoms with Crippen LogP contribution in [0.15, 0.2) is 6.07 Å². The molecule has 0 unspecified atom stereocenters. The highest BCUT2D eigenvalue weighted by molar-refractivity contribution is 5.44.